The van der Waals surface area contributed by atoms with Crippen molar-refractivity contribution in [3.63, 3.8) is 0 Å². The van der Waals surface area contributed by atoms with E-state index in [4.69, 9.17) is 21.1 Å². The second-order valence-corrected chi connectivity index (χ2v) is 17.6. The summed E-state index contributed by atoms with van der Waals surface area (Å²) >= 11 is 6.20. The highest BCUT2D eigenvalue weighted by Crippen LogP contribution is 2.41. The van der Waals surface area contributed by atoms with Gasteiger partial charge in [-0.2, -0.15) is 4.31 Å². The average molecular weight is 747 g/mol. The number of ketones is 1. The fourth-order valence-corrected chi connectivity index (χ4v) is 9.90. The van der Waals surface area contributed by atoms with E-state index < -0.39 is 45.5 Å². The number of benzene rings is 1. The predicted octanol–water partition coefficient (Wildman–Crippen LogP) is 7.00. The van der Waals surface area contributed by atoms with Crippen LogP contribution in [0.3, 0.4) is 0 Å². The summed E-state index contributed by atoms with van der Waals surface area (Å²) in [5, 5.41) is 4.58. The summed E-state index contributed by atoms with van der Waals surface area (Å²) in [6.45, 7) is 9.53. The number of Topliss-reactive ketones (excluding diaryl/α,β-unsaturated/α-hetero) is 1. The third-order valence-electron chi connectivity index (χ3n) is 10.1. The van der Waals surface area contributed by atoms with E-state index in [-0.39, 0.29) is 73.6 Å². The number of amides is 1. The Kier molecular flexibility index (Phi) is 12.3. The first kappa shape index (κ1) is 38.9. The quantitative estimate of drug-likeness (QED) is 0.144. The fraction of sp³-hybridized carbons (Fsp3) is 0.639. The third kappa shape index (κ3) is 9.58. The van der Waals surface area contributed by atoms with Crippen LogP contribution < -0.4 is 0 Å². The van der Waals surface area contributed by atoms with Crippen molar-refractivity contribution in [2.24, 2.45) is 11.0 Å². The van der Waals surface area contributed by atoms with Crippen LogP contribution >= 0.6 is 11.6 Å². The Morgan fingerprint density at radius 2 is 1.84 bits per heavy atom. The normalized spacial score (nSPS) is 27.4. The molecule has 0 spiro atoms. The van der Waals surface area contributed by atoms with Gasteiger partial charge < -0.3 is 14.4 Å². The number of fused-ring (bicyclic) bond motifs is 2. The molecule has 2 bridgehead atoms. The van der Waals surface area contributed by atoms with E-state index in [2.05, 4.69) is 15.0 Å². The summed E-state index contributed by atoms with van der Waals surface area (Å²) in [7, 11) is -3.61. The molecule has 278 valence electrons. The van der Waals surface area contributed by atoms with E-state index >= 15 is 4.39 Å². The zero-order valence-electron chi connectivity index (χ0n) is 29.9. The monoisotopic (exact) mass is 746 g/mol. The maximum atomic E-state index is 15.6. The molecule has 1 aromatic heterocycles. The molecule has 3 fully saturated rings. The maximum Gasteiger partial charge on any atom is 0.410 e. The molecule has 1 amide bonds. The van der Waals surface area contributed by atoms with Gasteiger partial charge in [-0.1, -0.05) is 28.8 Å². The Morgan fingerprint density at radius 1 is 1.16 bits per heavy atom. The average Bonchev–Trinajstić information content (AvgIpc) is 3.16. The minimum Gasteiger partial charge on any atom is -0.444 e. The van der Waals surface area contributed by atoms with Crippen molar-refractivity contribution < 1.29 is 31.9 Å². The largest absolute Gasteiger partial charge is 0.444 e. The predicted molar refractivity (Wildman–Crippen MR) is 191 cm³/mol. The van der Waals surface area contributed by atoms with Crippen LogP contribution in [0, 0.1) is 11.7 Å². The number of hydrogen-bond acceptors (Lipinski definition) is 8. The number of carbonyl (C=O) groups excluding carboxylic acids is 2. The van der Waals surface area contributed by atoms with Crippen molar-refractivity contribution in [2.75, 3.05) is 18.8 Å². The molecule has 2 aromatic rings. The lowest BCUT2D eigenvalue weighted by atomic mass is 9.73. The van der Waals surface area contributed by atoms with Gasteiger partial charge >= 0.3 is 6.09 Å². The summed E-state index contributed by atoms with van der Waals surface area (Å²) in [6, 6.07) is 5.10. The van der Waals surface area contributed by atoms with Gasteiger partial charge in [0.1, 0.15) is 23.2 Å². The number of azide groups is 1. The van der Waals surface area contributed by atoms with Gasteiger partial charge in [0.25, 0.3) is 0 Å². The van der Waals surface area contributed by atoms with E-state index in [1.807, 2.05) is 26.0 Å². The van der Waals surface area contributed by atoms with Crippen LogP contribution in [0.1, 0.15) is 89.3 Å². The Balaban J connectivity index is 1.41. The van der Waals surface area contributed by atoms with Gasteiger partial charge in [0.2, 0.25) is 10.0 Å². The highest BCUT2D eigenvalue weighted by Gasteiger charge is 2.45. The van der Waals surface area contributed by atoms with Crippen molar-refractivity contribution in [2.45, 2.75) is 121 Å². The standard InChI is InChI=1S/C36H48ClFN6O6S/c1-22-15-25(16-23(2)49-22)33(24-8-10-27(37)11-9-24)34(41-42-39)32(45)17-26-18-40-19-31(38)30(26)13-12-29-20-43(35(46)50-36(3,4)5)28-7-6-14-51(47,48)44(29)21-28/h8-11,18-19,22-23,25,28-29,33-34H,6-7,12-17,20-21H2,1-5H3/t22-,23+,25?,28-,29+,33+,34-/m1/s1. The van der Waals surface area contributed by atoms with Crippen molar-refractivity contribution in [3.8, 4) is 0 Å². The molecule has 5 rings (SSSR count). The Hall–Kier alpha value is -3.29. The Bertz CT molecular complexity index is 1720. The molecule has 3 aliphatic heterocycles. The second-order valence-electron chi connectivity index (χ2n) is 15.1. The first-order valence-electron chi connectivity index (χ1n) is 17.6. The van der Waals surface area contributed by atoms with Crippen LogP contribution in [-0.4, -0.2) is 89.3 Å². The number of carbonyl (C=O) groups is 2. The zero-order valence-corrected chi connectivity index (χ0v) is 31.4. The highest BCUT2D eigenvalue weighted by molar-refractivity contribution is 7.89. The number of halogens is 2. The lowest BCUT2D eigenvalue weighted by molar-refractivity contribution is -0.121. The fourth-order valence-electron chi connectivity index (χ4n) is 7.99. The van der Waals surface area contributed by atoms with E-state index in [0.29, 0.717) is 36.3 Å². The maximum absolute atomic E-state index is 15.6. The topological polar surface area (TPSA) is 155 Å². The molecule has 4 heterocycles. The lowest BCUT2D eigenvalue weighted by Crippen LogP contribution is -2.60. The number of piperazine rings is 1. The minimum absolute atomic E-state index is 0.0359. The number of rotatable bonds is 10. The molecule has 0 N–H and O–H groups in total. The number of aromatic nitrogens is 1. The van der Waals surface area contributed by atoms with Gasteiger partial charge in [-0.25, -0.2) is 17.6 Å². The molecule has 1 aromatic carbocycles. The number of pyridine rings is 1. The lowest BCUT2D eigenvalue weighted by Gasteiger charge is -2.44. The number of sulfonamides is 1. The van der Waals surface area contributed by atoms with E-state index in [1.165, 1.54) is 10.5 Å². The van der Waals surface area contributed by atoms with Crippen molar-refractivity contribution >= 4 is 33.5 Å². The van der Waals surface area contributed by atoms with Gasteiger partial charge in [0.05, 0.1) is 24.2 Å². The van der Waals surface area contributed by atoms with Gasteiger partial charge in [-0.05, 0) is 113 Å². The molecule has 0 aliphatic carbocycles. The van der Waals surface area contributed by atoms with Crippen molar-refractivity contribution in [1.82, 2.24) is 14.2 Å². The first-order chi connectivity index (χ1) is 24.1. The van der Waals surface area contributed by atoms with Gasteiger partial charge in [0.15, 0.2) is 0 Å². The van der Waals surface area contributed by atoms with Gasteiger partial charge in [0, 0.05) is 53.6 Å². The molecule has 2 unspecified atom stereocenters. The first-order valence-corrected chi connectivity index (χ1v) is 19.6. The molecule has 0 radical (unpaired) electrons. The molecule has 3 aliphatic rings. The molecule has 15 heteroatoms. The van der Waals surface area contributed by atoms with Crippen LogP contribution in [0.2, 0.25) is 5.02 Å². The molecule has 12 nitrogen and oxygen atoms in total. The van der Waals surface area contributed by atoms with Crippen LogP contribution in [0.15, 0.2) is 41.8 Å². The summed E-state index contributed by atoms with van der Waals surface area (Å²) in [5.74, 6) is -1.58. The third-order valence-corrected chi connectivity index (χ3v) is 12.3. The highest BCUT2D eigenvalue weighted by atomic mass is 35.5. The summed E-state index contributed by atoms with van der Waals surface area (Å²) in [4.78, 5) is 36.2. The molecular weight excluding hydrogens is 699 g/mol. The van der Waals surface area contributed by atoms with Crippen LogP contribution in [-0.2, 0) is 37.1 Å². The Morgan fingerprint density at radius 3 is 2.49 bits per heavy atom. The smallest absolute Gasteiger partial charge is 0.410 e. The van der Waals surface area contributed by atoms with Gasteiger partial charge in [-0.3, -0.25) is 9.78 Å². The Labute approximate surface area is 304 Å². The minimum atomic E-state index is -3.61. The second kappa shape index (κ2) is 16.2. The number of hydrogen-bond donors (Lipinski definition) is 0. The summed E-state index contributed by atoms with van der Waals surface area (Å²) in [6.07, 6.45) is 4.14. The molecule has 51 heavy (non-hydrogen) atoms. The summed E-state index contributed by atoms with van der Waals surface area (Å²) < 4.78 is 55.4. The number of nitrogens with zero attached hydrogens (tertiary/aromatic N) is 6. The SMILES string of the molecule is C[C@@H]1CC([C@H](c2ccc(Cl)cc2)[C@H](N=[N+]=[N-])C(=O)Cc2cncc(F)c2CC[C@H]2CN(C(=O)OC(C)(C)C)[C@@H]3CCCS(=O)(=O)N2C3)C[C@H](C)O1. The van der Waals surface area contributed by atoms with Crippen molar-refractivity contribution in [3.05, 3.63) is 74.6 Å². The van der Waals surface area contributed by atoms with E-state index in [0.717, 1.165) is 11.8 Å². The zero-order chi connectivity index (χ0) is 37.1. The number of ether oxygens (including phenoxy) is 2. The summed E-state index contributed by atoms with van der Waals surface area (Å²) in [5.41, 5.74) is 10.3. The van der Waals surface area contributed by atoms with Crippen LogP contribution in [0.4, 0.5) is 9.18 Å². The van der Waals surface area contributed by atoms with Gasteiger partial charge in [-0.15, -0.1) is 0 Å². The van der Waals surface area contributed by atoms with E-state index in [9.17, 15) is 23.5 Å². The van der Waals surface area contributed by atoms with Crippen LogP contribution in [0.5, 0.6) is 0 Å². The van der Waals surface area contributed by atoms with E-state index in [1.54, 1.807) is 37.8 Å². The molecule has 3 saturated heterocycles. The molecule has 0 saturated carbocycles. The molecular formula is C36H48ClFN6O6S. The van der Waals surface area contributed by atoms with Crippen molar-refractivity contribution in [1.29, 1.82) is 0 Å². The molecule has 8 atom stereocenters. The van der Waals surface area contributed by atoms with Crippen LogP contribution in [0.25, 0.3) is 10.4 Å².